The quantitative estimate of drug-likeness (QED) is 0.756. The highest BCUT2D eigenvalue weighted by atomic mass is 35.5. The number of ether oxygens (including phenoxy) is 1. The molecular formula is C18H16ClF2NO2. The van der Waals surface area contributed by atoms with Crippen molar-refractivity contribution in [1.29, 1.82) is 0 Å². The lowest BCUT2D eigenvalue weighted by molar-refractivity contribution is 0.0735. The Hall–Kier alpha value is -2.14. The Labute approximate surface area is 143 Å². The Kier molecular flexibility index (Phi) is 4.71. The van der Waals surface area contributed by atoms with Gasteiger partial charge in [0.1, 0.15) is 5.75 Å². The Balaban J connectivity index is 1.89. The number of amides is 1. The van der Waals surface area contributed by atoms with E-state index >= 15 is 0 Å². The summed E-state index contributed by atoms with van der Waals surface area (Å²) in [6.07, 6.45) is 1.64. The second-order valence-corrected chi connectivity index (χ2v) is 6.08. The number of hydrogen-bond acceptors (Lipinski definition) is 2. The third kappa shape index (κ3) is 3.08. The number of likely N-dealkylation sites (tertiary alicyclic amines) is 1. The second-order valence-electron chi connectivity index (χ2n) is 5.68. The van der Waals surface area contributed by atoms with E-state index in [9.17, 15) is 13.6 Å². The van der Waals surface area contributed by atoms with Crippen molar-refractivity contribution in [2.75, 3.05) is 13.7 Å². The Morgan fingerprint density at radius 2 is 1.88 bits per heavy atom. The summed E-state index contributed by atoms with van der Waals surface area (Å²) >= 11 is 5.94. The zero-order chi connectivity index (χ0) is 17.3. The summed E-state index contributed by atoms with van der Waals surface area (Å²) in [5.41, 5.74) is 0.955. The molecule has 0 radical (unpaired) electrons. The topological polar surface area (TPSA) is 29.5 Å². The van der Waals surface area contributed by atoms with Crippen LogP contribution in [-0.4, -0.2) is 24.5 Å². The Morgan fingerprint density at radius 3 is 2.54 bits per heavy atom. The van der Waals surface area contributed by atoms with E-state index in [1.165, 1.54) is 0 Å². The fourth-order valence-corrected chi connectivity index (χ4v) is 3.25. The average molecular weight is 352 g/mol. The van der Waals surface area contributed by atoms with E-state index in [1.807, 2.05) is 24.3 Å². The van der Waals surface area contributed by atoms with Crippen LogP contribution in [0, 0.1) is 11.6 Å². The monoisotopic (exact) mass is 351 g/mol. The summed E-state index contributed by atoms with van der Waals surface area (Å²) in [5.74, 6) is -1.80. The maximum Gasteiger partial charge on any atom is 0.255 e. The molecule has 0 unspecified atom stereocenters. The van der Waals surface area contributed by atoms with Gasteiger partial charge in [0.25, 0.3) is 5.91 Å². The first-order valence-electron chi connectivity index (χ1n) is 7.60. The summed E-state index contributed by atoms with van der Waals surface area (Å²) < 4.78 is 31.8. The molecule has 0 bridgehead atoms. The number of carbonyl (C=O) groups is 1. The van der Waals surface area contributed by atoms with Gasteiger partial charge in [-0.25, -0.2) is 8.78 Å². The van der Waals surface area contributed by atoms with Crippen LogP contribution in [0.2, 0.25) is 5.02 Å². The van der Waals surface area contributed by atoms with Gasteiger partial charge in [0.15, 0.2) is 11.6 Å². The Morgan fingerprint density at radius 1 is 1.21 bits per heavy atom. The highest BCUT2D eigenvalue weighted by Gasteiger charge is 2.32. The molecule has 1 fully saturated rings. The maximum absolute atomic E-state index is 13.5. The van der Waals surface area contributed by atoms with Crippen molar-refractivity contribution >= 4 is 17.5 Å². The van der Waals surface area contributed by atoms with E-state index in [-0.39, 0.29) is 16.6 Å². The zero-order valence-electron chi connectivity index (χ0n) is 13.1. The average Bonchev–Trinajstić information content (AvgIpc) is 3.07. The van der Waals surface area contributed by atoms with Gasteiger partial charge in [-0.15, -0.1) is 0 Å². The molecule has 6 heteroatoms. The summed E-state index contributed by atoms with van der Waals surface area (Å²) in [4.78, 5) is 14.4. The molecule has 126 valence electrons. The van der Waals surface area contributed by atoms with Gasteiger partial charge in [-0.1, -0.05) is 23.7 Å². The van der Waals surface area contributed by atoms with Crippen LogP contribution in [0.1, 0.15) is 34.8 Å². The minimum Gasteiger partial charge on any atom is -0.497 e. The molecule has 2 aromatic carbocycles. The molecule has 0 N–H and O–H groups in total. The fourth-order valence-electron chi connectivity index (χ4n) is 3.02. The van der Waals surface area contributed by atoms with Crippen LogP contribution < -0.4 is 4.74 Å². The van der Waals surface area contributed by atoms with Crippen molar-refractivity contribution in [2.45, 2.75) is 18.9 Å². The zero-order valence-corrected chi connectivity index (χ0v) is 13.8. The van der Waals surface area contributed by atoms with Crippen molar-refractivity contribution in [3.05, 3.63) is 64.2 Å². The molecule has 1 aliphatic rings. The molecule has 0 spiro atoms. The molecule has 1 amide bonds. The highest BCUT2D eigenvalue weighted by molar-refractivity contribution is 6.33. The van der Waals surface area contributed by atoms with Gasteiger partial charge in [-0.2, -0.15) is 0 Å². The number of nitrogens with zero attached hydrogens (tertiary/aromatic N) is 1. The predicted octanol–water partition coefficient (Wildman–Crippen LogP) is 4.60. The normalized spacial score (nSPS) is 17.2. The van der Waals surface area contributed by atoms with Crippen LogP contribution in [0.4, 0.5) is 8.78 Å². The molecule has 0 aromatic heterocycles. The van der Waals surface area contributed by atoms with Crippen molar-refractivity contribution in [1.82, 2.24) is 4.90 Å². The number of carbonyl (C=O) groups excluding carboxylic acids is 1. The number of benzene rings is 2. The minimum atomic E-state index is -1.08. The number of rotatable bonds is 3. The van der Waals surface area contributed by atoms with Gasteiger partial charge in [-0.3, -0.25) is 4.79 Å². The molecule has 3 nitrogen and oxygen atoms in total. The summed E-state index contributed by atoms with van der Waals surface area (Å²) in [6.45, 7) is 0.546. The van der Waals surface area contributed by atoms with Gasteiger partial charge < -0.3 is 9.64 Å². The predicted molar refractivity (Wildman–Crippen MR) is 87.4 cm³/mol. The molecule has 1 atom stereocenters. The minimum absolute atomic E-state index is 0.0176. The molecule has 24 heavy (non-hydrogen) atoms. The van der Waals surface area contributed by atoms with E-state index in [2.05, 4.69) is 0 Å². The van der Waals surface area contributed by atoms with Crippen LogP contribution in [-0.2, 0) is 0 Å². The van der Waals surface area contributed by atoms with Gasteiger partial charge >= 0.3 is 0 Å². The first-order chi connectivity index (χ1) is 11.5. The molecule has 0 aliphatic carbocycles. The maximum atomic E-state index is 13.5. The molecule has 1 saturated heterocycles. The van der Waals surface area contributed by atoms with E-state index in [4.69, 9.17) is 16.3 Å². The van der Waals surface area contributed by atoms with Crippen LogP contribution in [0.25, 0.3) is 0 Å². The van der Waals surface area contributed by atoms with E-state index in [1.54, 1.807) is 12.0 Å². The van der Waals surface area contributed by atoms with Crippen molar-refractivity contribution in [3.63, 3.8) is 0 Å². The smallest absolute Gasteiger partial charge is 0.255 e. The lowest BCUT2D eigenvalue weighted by Crippen LogP contribution is -2.31. The van der Waals surface area contributed by atoms with Gasteiger partial charge in [0.05, 0.1) is 23.7 Å². The third-order valence-electron chi connectivity index (χ3n) is 4.25. The van der Waals surface area contributed by atoms with Crippen molar-refractivity contribution in [3.8, 4) is 5.75 Å². The first kappa shape index (κ1) is 16.7. The first-order valence-corrected chi connectivity index (χ1v) is 7.98. The molecular weight excluding hydrogens is 336 g/mol. The molecule has 3 rings (SSSR count). The van der Waals surface area contributed by atoms with Crippen molar-refractivity contribution in [2.24, 2.45) is 0 Å². The molecule has 1 aliphatic heterocycles. The molecule has 2 aromatic rings. The number of methoxy groups -OCH3 is 1. The lowest BCUT2D eigenvalue weighted by Gasteiger charge is -2.25. The largest absolute Gasteiger partial charge is 0.497 e. The fraction of sp³-hybridized carbons (Fsp3) is 0.278. The summed E-state index contributed by atoms with van der Waals surface area (Å²) in [5, 5.41) is -0.0840. The summed E-state index contributed by atoms with van der Waals surface area (Å²) in [6, 6.07) is 9.06. The van der Waals surface area contributed by atoms with Crippen LogP contribution in [0.15, 0.2) is 36.4 Å². The van der Waals surface area contributed by atoms with Gasteiger partial charge in [0.2, 0.25) is 0 Å². The standard InChI is InChI=1S/C18H16ClF2NO2/c1-24-12-6-4-11(5-7-12)17-3-2-8-22(17)18(23)13-9-15(20)16(21)10-14(13)19/h4-7,9-10,17H,2-3,8H2,1H3/t17-/m1/s1. The SMILES string of the molecule is COc1ccc([C@H]2CCCN2C(=O)c2cc(F)c(F)cc2Cl)cc1. The van der Waals surface area contributed by atoms with Gasteiger partial charge in [0, 0.05) is 6.54 Å². The second kappa shape index (κ2) is 6.77. The van der Waals surface area contributed by atoms with Crippen LogP contribution in [0.5, 0.6) is 5.75 Å². The highest BCUT2D eigenvalue weighted by Crippen LogP contribution is 2.35. The lowest BCUT2D eigenvalue weighted by atomic mass is 10.0. The van der Waals surface area contributed by atoms with Crippen LogP contribution in [0.3, 0.4) is 0 Å². The molecule has 0 saturated carbocycles. The van der Waals surface area contributed by atoms with E-state index in [0.717, 1.165) is 36.3 Å². The Bertz CT molecular complexity index is 764. The number of hydrogen-bond donors (Lipinski definition) is 0. The summed E-state index contributed by atoms with van der Waals surface area (Å²) in [7, 11) is 1.59. The molecule has 1 heterocycles. The van der Waals surface area contributed by atoms with E-state index in [0.29, 0.717) is 6.54 Å². The third-order valence-corrected chi connectivity index (χ3v) is 4.57. The van der Waals surface area contributed by atoms with Crippen molar-refractivity contribution < 1.29 is 18.3 Å². The number of halogens is 3. The van der Waals surface area contributed by atoms with E-state index < -0.39 is 17.5 Å². The van der Waals surface area contributed by atoms with Crippen LogP contribution >= 0.6 is 11.6 Å². The van der Waals surface area contributed by atoms with Gasteiger partial charge in [-0.05, 0) is 42.7 Å².